The zero-order valence-corrected chi connectivity index (χ0v) is 40.1. The number of imidazole rings is 2. The van der Waals surface area contributed by atoms with Gasteiger partial charge in [0.2, 0.25) is 17.7 Å². The average molecular weight is 928 g/mol. The van der Waals surface area contributed by atoms with Crippen molar-refractivity contribution in [2.75, 3.05) is 43.7 Å². The summed E-state index contributed by atoms with van der Waals surface area (Å²) >= 11 is 0. The summed E-state index contributed by atoms with van der Waals surface area (Å²) in [6.45, 7) is 9.67. The van der Waals surface area contributed by atoms with Crippen molar-refractivity contribution in [3.8, 4) is 0 Å². The number of methoxy groups -OCH3 is 2. The highest BCUT2D eigenvalue weighted by molar-refractivity contribution is 5.94. The van der Waals surface area contributed by atoms with Gasteiger partial charge in [-0.3, -0.25) is 19.2 Å². The lowest BCUT2D eigenvalue weighted by atomic mass is 9.91. The number of ether oxygens (including phenoxy) is 2. The van der Waals surface area contributed by atoms with Gasteiger partial charge in [-0.1, -0.05) is 39.8 Å². The smallest absolute Gasteiger partial charge is 0.407 e. The molecular formula is C52H65N9O7. The van der Waals surface area contributed by atoms with Crippen molar-refractivity contribution < 1.29 is 33.4 Å². The van der Waals surface area contributed by atoms with Gasteiger partial charge >= 0.3 is 12.1 Å². The standard InChI is InChI=1S/C52H65N9O7/c1-30(2)36(29-46(63)67-5)50(64)59-25-9-11-43(59)48-53-37-20-14-32(27-39(37)55-48)41-22-23-42(61(41)35-18-16-34(17-19-35)58-24-8-7-13-45(58)62)33-15-21-38-40(28-33)56-49(54-38)44-12-10-26-60(44)51(65)47(31(3)4)57-52(66)68-6/h14-21,27-28,30-31,36,41-44,47H,7-13,22-26,29H2,1-6H3,(H,53,55)(H,54,56)(H,57,66)/t36-,41+,42+,43-,44-,47-/m0/s1. The van der Waals surface area contributed by atoms with E-state index in [1.165, 1.54) is 14.2 Å². The molecule has 2 aromatic heterocycles. The highest BCUT2D eigenvalue weighted by Crippen LogP contribution is 2.48. The maximum atomic E-state index is 14.0. The number of esters is 1. The molecule has 3 N–H and O–H groups in total. The number of hydrogen-bond donors (Lipinski definition) is 3. The van der Waals surface area contributed by atoms with Crippen LogP contribution in [0, 0.1) is 17.8 Å². The van der Waals surface area contributed by atoms with Gasteiger partial charge in [-0.2, -0.15) is 0 Å². The van der Waals surface area contributed by atoms with Gasteiger partial charge in [0.1, 0.15) is 17.7 Å². The second kappa shape index (κ2) is 19.6. The van der Waals surface area contributed by atoms with Crippen molar-refractivity contribution in [1.82, 2.24) is 35.1 Å². The van der Waals surface area contributed by atoms with Crippen LogP contribution >= 0.6 is 0 Å². The Labute approximate surface area is 397 Å². The normalized spacial score (nSPS) is 21.9. The lowest BCUT2D eigenvalue weighted by molar-refractivity contribution is -0.148. The fourth-order valence-corrected chi connectivity index (χ4v) is 11.1. The lowest BCUT2D eigenvalue weighted by Gasteiger charge is -2.34. The number of H-pyrrole nitrogens is 2. The topological polar surface area (TPSA) is 186 Å². The molecule has 9 rings (SSSR count). The third-order valence-corrected chi connectivity index (χ3v) is 14.8. The molecule has 16 heteroatoms. The molecule has 360 valence electrons. The molecule has 4 aliphatic rings. The number of amides is 4. The number of fused-ring (bicyclic) bond motifs is 2. The van der Waals surface area contributed by atoms with Gasteiger partial charge < -0.3 is 44.4 Å². The molecule has 0 aliphatic carbocycles. The van der Waals surface area contributed by atoms with Crippen LogP contribution in [0.1, 0.15) is 139 Å². The predicted molar refractivity (Wildman–Crippen MR) is 259 cm³/mol. The molecule has 3 aromatic carbocycles. The lowest BCUT2D eigenvalue weighted by Crippen LogP contribution is -2.51. The molecule has 0 bridgehead atoms. The van der Waals surface area contributed by atoms with E-state index < -0.39 is 18.1 Å². The first kappa shape index (κ1) is 46.7. The predicted octanol–water partition coefficient (Wildman–Crippen LogP) is 8.58. The second-order valence-corrected chi connectivity index (χ2v) is 19.7. The number of aromatic amines is 2. The SMILES string of the molecule is COC(=O)C[C@H](C(=O)N1CCC[C@H]1c1nc2ccc([C@H]3CC[C@H](c4ccc5nc([C@@H]6CCCN6C(=O)[C@@H](NC(=O)OC)C(C)C)[nH]c5c4)N3c3ccc(N4CCCCC4=O)cc3)cc2[nH]1)C(C)C. The molecule has 4 amide bonds. The summed E-state index contributed by atoms with van der Waals surface area (Å²) in [6, 6.07) is 20.1. The molecule has 68 heavy (non-hydrogen) atoms. The number of rotatable bonds is 13. The van der Waals surface area contributed by atoms with Gasteiger partial charge in [-0.25, -0.2) is 14.8 Å². The van der Waals surface area contributed by atoms with Crippen LogP contribution in [0.15, 0.2) is 60.7 Å². The van der Waals surface area contributed by atoms with Crippen LogP contribution in [0.25, 0.3) is 22.1 Å². The van der Waals surface area contributed by atoms with Crippen LogP contribution in [0.3, 0.4) is 0 Å². The minimum Gasteiger partial charge on any atom is -0.469 e. The van der Waals surface area contributed by atoms with Crippen LogP contribution in [0.2, 0.25) is 0 Å². The maximum Gasteiger partial charge on any atom is 0.407 e. The summed E-state index contributed by atoms with van der Waals surface area (Å²) < 4.78 is 9.78. The molecule has 0 spiro atoms. The molecule has 4 aliphatic heterocycles. The van der Waals surface area contributed by atoms with Crippen LogP contribution in [-0.2, 0) is 28.7 Å². The number of nitrogens with zero attached hydrogens (tertiary/aromatic N) is 6. The third-order valence-electron chi connectivity index (χ3n) is 14.8. The largest absolute Gasteiger partial charge is 0.469 e. The Morgan fingerprint density at radius 2 is 1.22 bits per heavy atom. The number of likely N-dealkylation sites (tertiary alicyclic amines) is 2. The van der Waals surface area contributed by atoms with Crippen molar-refractivity contribution in [2.45, 2.75) is 122 Å². The molecule has 16 nitrogen and oxygen atoms in total. The minimum atomic E-state index is -0.720. The van der Waals surface area contributed by atoms with Crippen molar-refractivity contribution >= 4 is 63.2 Å². The fourth-order valence-electron chi connectivity index (χ4n) is 11.1. The Hall–Kier alpha value is -6.45. The van der Waals surface area contributed by atoms with Gasteiger partial charge in [0.25, 0.3) is 0 Å². The van der Waals surface area contributed by atoms with E-state index in [1.54, 1.807) is 0 Å². The molecule has 6 heterocycles. The highest BCUT2D eigenvalue weighted by Gasteiger charge is 2.41. The summed E-state index contributed by atoms with van der Waals surface area (Å²) in [5.41, 5.74) is 7.68. The summed E-state index contributed by atoms with van der Waals surface area (Å²) in [5, 5.41) is 2.74. The van der Waals surface area contributed by atoms with Gasteiger partial charge in [0.05, 0.1) is 72.8 Å². The first-order chi connectivity index (χ1) is 32.8. The highest BCUT2D eigenvalue weighted by atomic mass is 16.5. The van der Waals surface area contributed by atoms with Crippen molar-refractivity contribution in [1.29, 1.82) is 0 Å². The zero-order valence-electron chi connectivity index (χ0n) is 40.1. The molecule has 4 fully saturated rings. The summed E-state index contributed by atoms with van der Waals surface area (Å²) in [4.78, 5) is 90.7. The summed E-state index contributed by atoms with van der Waals surface area (Å²) in [7, 11) is 2.65. The summed E-state index contributed by atoms with van der Waals surface area (Å²) in [5.74, 6) is 0.439. The number of aromatic nitrogens is 4. The van der Waals surface area contributed by atoms with E-state index in [2.05, 4.69) is 80.8 Å². The van der Waals surface area contributed by atoms with Gasteiger partial charge in [-0.05, 0) is 123 Å². The molecule has 6 atom stereocenters. The number of alkyl carbamates (subject to hydrolysis) is 1. The monoisotopic (exact) mass is 928 g/mol. The fraction of sp³-hybridized carbons (Fsp3) is 0.519. The number of carbonyl (C=O) groups is 5. The van der Waals surface area contributed by atoms with Crippen LogP contribution in [0.4, 0.5) is 16.2 Å². The molecule has 4 saturated heterocycles. The van der Waals surface area contributed by atoms with E-state index in [0.29, 0.717) is 19.5 Å². The van der Waals surface area contributed by atoms with Gasteiger partial charge in [0, 0.05) is 37.4 Å². The van der Waals surface area contributed by atoms with Gasteiger partial charge in [0.15, 0.2) is 0 Å². The van der Waals surface area contributed by atoms with Crippen molar-refractivity contribution in [2.24, 2.45) is 17.8 Å². The zero-order chi connectivity index (χ0) is 47.8. The van der Waals surface area contributed by atoms with Crippen LogP contribution in [-0.4, -0.2) is 99.4 Å². The number of carbonyl (C=O) groups excluding carboxylic acids is 5. The minimum absolute atomic E-state index is 0.00403. The Morgan fingerprint density at radius 1 is 0.662 bits per heavy atom. The van der Waals surface area contributed by atoms with Crippen molar-refractivity contribution in [3.05, 3.63) is 83.4 Å². The number of hydrogen-bond acceptors (Lipinski definition) is 10. The Bertz CT molecular complexity index is 2530. The number of anilines is 2. The first-order valence-electron chi connectivity index (χ1n) is 24.5. The van der Waals surface area contributed by atoms with E-state index in [0.717, 1.165) is 114 Å². The molecule has 0 radical (unpaired) electrons. The maximum absolute atomic E-state index is 14.0. The molecular weight excluding hydrogens is 863 g/mol. The Morgan fingerprint density at radius 3 is 1.74 bits per heavy atom. The van der Waals surface area contributed by atoms with Crippen LogP contribution in [0.5, 0.6) is 0 Å². The summed E-state index contributed by atoms with van der Waals surface area (Å²) in [6.07, 6.45) is 6.87. The molecule has 0 unspecified atom stereocenters. The van der Waals surface area contributed by atoms with E-state index in [9.17, 15) is 24.0 Å². The molecule has 5 aromatic rings. The van der Waals surface area contributed by atoms with Crippen molar-refractivity contribution in [3.63, 3.8) is 0 Å². The Kier molecular flexibility index (Phi) is 13.5. The number of nitrogens with one attached hydrogen (secondary N) is 3. The van der Waals surface area contributed by atoms with E-state index in [-0.39, 0.29) is 66.1 Å². The van der Waals surface area contributed by atoms with Gasteiger partial charge in [-0.15, -0.1) is 0 Å². The third kappa shape index (κ3) is 9.13. The van der Waals surface area contributed by atoms with E-state index in [4.69, 9.17) is 19.4 Å². The molecule has 0 saturated carbocycles. The van der Waals surface area contributed by atoms with Crippen LogP contribution < -0.4 is 15.1 Å². The quantitative estimate of drug-likeness (QED) is 0.0966. The second-order valence-electron chi connectivity index (χ2n) is 19.7. The van der Waals surface area contributed by atoms with E-state index in [1.807, 2.05) is 42.4 Å². The first-order valence-corrected chi connectivity index (χ1v) is 24.5. The average Bonchev–Trinajstić information content (AvgIpc) is 4.20. The number of piperidine rings is 1. The van der Waals surface area contributed by atoms with E-state index >= 15 is 0 Å². The number of benzene rings is 3. The Balaban J connectivity index is 1.01.